The lowest BCUT2D eigenvalue weighted by atomic mass is 10.1. The largest absolute Gasteiger partial charge is 0.395 e. The molecule has 3 N–H and O–H groups in total. The summed E-state index contributed by atoms with van der Waals surface area (Å²) in [6, 6.07) is 7.34. The van der Waals surface area contributed by atoms with E-state index in [1.807, 2.05) is 24.3 Å². The van der Waals surface area contributed by atoms with Crippen molar-refractivity contribution in [1.29, 1.82) is 0 Å². The van der Waals surface area contributed by atoms with Gasteiger partial charge in [-0.2, -0.15) is 0 Å². The maximum atomic E-state index is 12.4. The highest BCUT2D eigenvalue weighted by atomic mass is 79.9. The monoisotopic (exact) mass is 405 g/mol. The van der Waals surface area contributed by atoms with Gasteiger partial charge in [-0.1, -0.05) is 28.1 Å². The lowest BCUT2D eigenvalue weighted by molar-refractivity contribution is -0.138. The molecule has 0 spiro atoms. The van der Waals surface area contributed by atoms with E-state index in [1.54, 1.807) is 4.90 Å². The highest BCUT2D eigenvalue weighted by Gasteiger charge is 2.29. The molecule has 1 heterocycles. The zero-order valence-electron chi connectivity index (χ0n) is 12.6. The van der Waals surface area contributed by atoms with Crippen molar-refractivity contribution in [2.75, 3.05) is 26.2 Å². The van der Waals surface area contributed by atoms with Crippen LogP contribution in [0.25, 0.3) is 0 Å². The van der Waals surface area contributed by atoms with Crippen molar-refractivity contribution in [2.24, 2.45) is 0 Å². The second-order valence-corrected chi connectivity index (χ2v) is 6.09. The molecular formula is C15H21BrClN3O3. The van der Waals surface area contributed by atoms with Gasteiger partial charge in [0.1, 0.15) is 0 Å². The summed E-state index contributed by atoms with van der Waals surface area (Å²) in [6.07, 6.45) is 0.0911. The van der Waals surface area contributed by atoms with Crippen molar-refractivity contribution >= 4 is 40.2 Å². The molecule has 0 bridgehead atoms. The van der Waals surface area contributed by atoms with Crippen molar-refractivity contribution in [3.05, 3.63) is 34.3 Å². The first-order chi connectivity index (χ1) is 10.6. The van der Waals surface area contributed by atoms with E-state index in [0.717, 1.165) is 10.0 Å². The van der Waals surface area contributed by atoms with Crippen LogP contribution in [0.4, 0.5) is 0 Å². The first-order valence-corrected chi connectivity index (χ1v) is 8.03. The van der Waals surface area contributed by atoms with E-state index in [1.165, 1.54) is 0 Å². The van der Waals surface area contributed by atoms with Crippen LogP contribution < -0.4 is 10.6 Å². The zero-order valence-corrected chi connectivity index (χ0v) is 15.0. The van der Waals surface area contributed by atoms with Crippen molar-refractivity contribution in [1.82, 2.24) is 15.5 Å². The number of amides is 2. The summed E-state index contributed by atoms with van der Waals surface area (Å²) in [6.45, 7) is 1.93. The van der Waals surface area contributed by atoms with E-state index in [0.29, 0.717) is 19.6 Å². The number of piperazine rings is 1. The average molecular weight is 407 g/mol. The molecule has 128 valence electrons. The van der Waals surface area contributed by atoms with Gasteiger partial charge >= 0.3 is 0 Å². The molecule has 1 atom stereocenters. The smallest absolute Gasteiger partial charge is 0.240 e. The van der Waals surface area contributed by atoms with Gasteiger partial charge in [-0.05, 0) is 17.7 Å². The topological polar surface area (TPSA) is 81.7 Å². The van der Waals surface area contributed by atoms with Crippen molar-refractivity contribution in [3.8, 4) is 0 Å². The molecule has 1 aliphatic rings. The van der Waals surface area contributed by atoms with Gasteiger partial charge in [0, 0.05) is 30.7 Å². The Balaban J connectivity index is 0.00000264. The number of benzene rings is 1. The summed E-state index contributed by atoms with van der Waals surface area (Å²) in [4.78, 5) is 25.9. The highest BCUT2D eigenvalue weighted by Crippen LogP contribution is 2.15. The van der Waals surface area contributed by atoms with Gasteiger partial charge in [0.25, 0.3) is 0 Å². The van der Waals surface area contributed by atoms with E-state index in [2.05, 4.69) is 26.6 Å². The fraction of sp³-hybridized carbons (Fsp3) is 0.467. The SMILES string of the molecule is Cl.O=C(CC1NCCN(Cc2cccc(Br)c2)C1=O)NCCO. The predicted molar refractivity (Wildman–Crippen MR) is 93.3 cm³/mol. The molecule has 1 aliphatic heterocycles. The molecule has 6 nitrogen and oxygen atoms in total. The summed E-state index contributed by atoms with van der Waals surface area (Å²) in [5, 5.41) is 14.3. The van der Waals surface area contributed by atoms with E-state index < -0.39 is 6.04 Å². The minimum absolute atomic E-state index is 0. The first-order valence-electron chi connectivity index (χ1n) is 7.24. The third-order valence-electron chi connectivity index (χ3n) is 3.47. The zero-order chi connectivity index (χ0) is 15.9. The van der Waals surface area contributed by atoms with Crippen LogP contribution in [-0.4, -0.2) is 54.1 Å². The molecule has 1 fully saturated rings. The third kappa shape index (κ3) is 6.10. The molecule has 0 aliphatic carbocycles. The Morgan fingerprint density at radius 1 is 1.48 bits per heavy atom. The molecule has 0 saturated carbocycles. The molecule has 23 heavy (non-hydrogen) atoms. The fourth-order valence-electron chi connectivity index (χ4n) is 2.42. The molecule has 8 heteroatoms. The Morgan fingerprint density at radius 2 is 2.26 bits per heavy atom. The predicted octanol–water partition coefficient (Wildman–Crippen LogP) is 0.670. The molecule has 0 aromatic heterocycles. The minimum atomic E-state index is -0.500. The molecule has 1 saturated heterocycles. The summed E-state index contributed by atoms with van der Waals surface area (Å²) in [5.41, 5.74) is 1.05. The Labute approximate surface area is 150 Å². The molecule has 1 unspecified atom stereocenters. The van der Waals surface area contributed by atoms with Crippen LogP contribution in [0.2, 0.25) is 0 Å². The van der Waals surface area contributed by atoms with Gasteiger partial charge < -0.3 is 20.6 Å². The second-order valence-electron chi connectivity index (χ2n) is 5.17. The van der Waals surface area contributed by atoms with Gasteiger partial charge in [-0.15, -0.1) is 12.4 Å². The summed E-state index contributed by atoms with van der Waals surface area (Å²) in [7, 11) is 0. The Morgan fingerprint density at radius 3 is 2.96 bits per heavy atom. The van der Waals surface area contributed by atoms with Gasteiger partial charge in [0.2, 0.25) is 11.8 Å². The number of rotatable bonds is 6. The van der Waals surface area contributed by atoms with Gasteiger partial charge in [0.05, 0.1) is 19.1 Å². The summed E-state index contributed by atoms with van der Waals surface area (Å²) < 4.78 is 0.979. The molecule has 1 aromatic rings. The second kappa shape index (κ2) is 9.87. The van der Waals surface area contributed by atoms with E-state index in [-0.39, 0.29) is 43.8 Å². The maximum absolute atomic E-state index is 12.4. The average Bonchev–Trinajstić information content (AvgIpc) is 2.49. The standard InChI is InChI=1S/C15H20BrN3O3.ClH/c16-12-3-1-2-11(8-12)10-19-6-4-17-13(15(19)22)9-14(21)18-5-7-20;/h1-3,8,13,17,20H,4-7,9-10H2,(H,18,21);1H. The number of hydrogen-bond acceptors (Lipinski definition) is 4. The van der Waals surface area contributed by atoms with Crippen LogP contribution >= 0.6 is 28.3 Å². The van der Waals surface area contributed by atoms with Gasteiger partial charge in [-0.3, -0.25) is 9.59 Å². The number of nitrogens with one attached hydrogen (secondary N) is 2. The fourth-order valence-corrected chi connectivity index (χ4v) is 2.86. The Kier molecular flexibility index (Phi) is 8.54. The summed E-state index contributed by atoms with van der Waals surface area (Å²) >= 11 is 3.42. The Hall–Kier alpha value is -1.15. The number of aliphatic hydroxyl groups excluding tert-OH is 1. The Bertz CT molecular complexity index is 544. The van der Waals surface area contributed by atoms with E-state index >= 15 is 0 Å². The molecule has 0 radical (unpaired) electrons. The van der Waals surface area contributed by atoms with E-state index in [4.69, 9.17) is 5.11 Å². The molecule has 1 aromatic carbocycles. The first kappa shape index (κ1) is 19.9. The quantitative estimate of drug-likeness (QED) is 0.648. The molecule has 2 amide bonds. The highest BCUT2D eigenvalue weighted by molar-refractivity contribution is 9.10. The number of nitrogens with zero attached hydrogens (tertiary/aromatic N) is 1. The van der Waals surface area contributed by atoms with Crippen molar-refractivity contribution in [2.45, 2.75) is 19.0 Å². The van der Waals surface area contributed by atoms with Crippen molar-refractivity contribution < 1.29 is 14.7 Å². The molecule has 2 rings (SSSR count). The normalized spacial score (nSPS) is 17.6. The van der Waals surface area contributed by atoms with Crippen LogP contribution in [0, 0.1) is 0 Å². The van der Waals surface area contributed by atoms with Crippen LogP contribution in [0.3, 0.4) is 0 Å². The number of carbonyl (C=O) groups is 2. The molecular weight excluding hydrogens is 386 g/mol. The van der Waals surface area contributed by atoms with Crippen molar-refractivity contribution in [3.63, 3.8) is 0 Å². The lowest BCUT2D eigenvalue weighted by Crippen LogP contribution is -2.55. The maximum Gasteiger partial charge on any atom is 0.240 e. The van der Waals surface area contributed by atoms with Gasteiger partial charge in [-0.25, -0.2) is 0 Å². The summed E-state index contributed by atoms with van der Waals surface area (Å²) in [5.74, 6) is -0.297. The van der Waals surface area contributed by atoms with Gasteiger partial charge in [0.15, 0.2) is 0 Å². The van der Waals surface area contributed by atoms with Crippen LogP contribution in [0.5, 0.6) is 0 Å². The minimum Gasteiger partial charge on any atom is -0.395 e. The lowest BCUT2D eigenvalue weighted by Gasteiger charge is -2.33. The third-order valence-corrected chi connectivity index (χ3v) is 3.96. The van der Waals surface area contributed by atoms with Crippen LogP contribution in [-0.2, 0) is 16.1 Å². The number of aliphatic hydroxyl groups is 1. The van der Waals surface area contributed by atoms with E-state index in [9.17, 15) is 9.59 Å². The van der Waals surface area contributed by atoms with Crippen LogP contribution in [0.15, 0.2) is 28.7 Å². The number of hydrogen-bond donors (Lipinski definition) is 3. The van der Waals surface area contributed by atoms with Crippen LogP contribution in [0.1, 0.15) is 12.0 Å². The number of carbonyl (C=O) groups excluding carboxylic acids is 2. The number of halogens is 2.